The van der Waals surface area contributed by atoms with Crippen molar-refractivity contribution in [3.05, 3.63) is 48.3 Å². The van der Waals surface area contributed by atoms with E-state index in [-0.39, 0.29) is 17.8 Å². The largest absolute Gasteiger partial charge is 0.497 e. The van der Waals surface area contributed by atoms with Crippen molar-refractivity contribution >= 4 is 23.4 Å². The van der Waals surface area contributed by atoms with Gasteiger partial charge < -0.3 is 28.8 Å². The summed E-state index contributed by atoms with van der Waals surface area (Å²) in [5, 5.41) is 12.3. The van der Waals surface area contributed by atoms with Gasteiger partial charge >= 0.3 is 0 Å². The predicted molar refractivity (Wildman–Crippen MR) is 136 cm³/mol. The van der Waals surface area contributed by atoms with Gasteiger partial charge in [0.2, 0.25) is 5.91 Å². The first-order chi connectivity index (χ1) is 16.8. The Hall–Kier alpha value is -3.40. The number of aromatic nitrogens is 3. The van der Waals surface area contributed by atoms with Gasteiger partial charge in [-0.2, -0.15) is 0 Å². The lowest BCUT2D eigenvalue weighted by Gasteiger charge is -2.18. The highest BCUT2D eigenvalue weighted by molar-refractivity contribution is 7.99. The molecule has 3 rings (SSSR count). The minimum atomic E-state index is -0.332. The van der Waals surface area contributed by atoms with Gasteiger partial charge in [-0.1, -0.05) is 25.6 Å². The van der Waals surface area contributed by atoms with Crippen LogP contribution < -0.4 is 24.3 Å². The Kier molecular flexibility index (Phi) is 9.25. The number of amides is 1. The van der Waals surface area contributed by atoms with Gasteiger partial charge in [0.05, 0.1) is 32.8 Å². The van der Waals surface area contributed by atoms with Crippen molar-refractivity contribution in [2.45, 2.75) is 38.6 Å². The van der Waals surface area contributed by atoms with E-state index in [1.54, 1.807) is 39.5 Å². The number of hydrogen-bond acceptors (Lipinski definition) is 8. The molecule has 0 saturated heterocycles. The maximum absolute atomic E-state index is 12.7. The van der Waals surface area contributed by atoms with Gasteiger partial charge in [0.1, 0.15) is 23.0 Å². The van der Waals surface area contributed by atoms with Crippen molar-refractivity contribution in [2.75, 3.05) is 32.4 Å². The number of methoxy groups -OCH3 is 3. The summed E-state index contributed by atoms with van der Waals surface area (Å²) in [5.41, 5.74) is 0.574. The van der Waals surface area contributed by atoms with Crippen molar-refractivity contribution in [1.82, 2.24) is 14.8 Å². The van der Waals surface area contributed by atoms with Crippen LogP contribution in [-0.2, 0) is 11.3 Å². The molecule has 0 saturated carbocycles. The molecule has 0 fully saturated rings. The van der Waals surface area contributed by atoms with Gasteiger partial charge in [0, 0.05) is 12.6 Å². The molecule has 10 heteroatoms. The zero-order valence-electron chi connectivity index (χ0n) is 20.9. The van der Waals surface area contributed by atoms with Crippen LogP contribution in [0.15, 0.2) is 47.6 Å². The molecule has 1 aromatic heterocycles. The third kappa shape index (κ3) is 7.05. The lowest BCUT2D eigenvalue weighted by Crippen LogP contribution is -2.17. The van der Waals surface area contributed by atoms with E-state index in [9.17, 15) is 4.79 Å². The van der Waals surface area contributed by atoms with Gasteiger partial charge in [-0.3, -0.25) is 4.79 Å². The summed E-state index contributed by atoms with van der Waals surface area (Å²) < 4.78 is 23.9. The van der Waals surface area contributed by atoms with E-state index in [1.165, 1.54) is 11.8 Å². The van der Waals surface area contributed by atoms with Crippen LogP contribution in [-0.4, -0.2) is 47.8 Å². The Labute approximate surface area is 210 Å². The number of hydrogen-bond donors (Lipinski definition) is 1. The Morgan fingerprint density at radius 2 is 1.60 bits per heavy atom. The number of nitrogens with zero attached hydrogens (tertiary/aromatic N) is 3. The van der Waals surface area contributed by atoms with E-state index in [0.29, 0.717) is 46.4 Å². The molecule has 188 valence electrons. The number of carbonyl (C=O) groups is 1. The zero-order valence-corrected chi connectivity index (χ0v) is 21.7. The lowest BCUT2D eigenvalue weighted by atomic mass is 10.2. The summed E-state index contributed by atoms with van der Waals surface area (Å²) in [5.74, 6) is 3.69. The van der Waals surface area contributed by atoms with Gasteiger partial charge in [0.25, 0.3) is 0 Å². The molecule has 35 heavy (non-hydrogen) atoms. The molecule has 0 aliphatic rings. The Balaban J connectivity index is 1.69. The summed E-state index contributed by atoms with van der Waals surface area (Å²) in [6.07, 6.45) is -0.332. The number of carbonyl (C=O) groups excluding carboxylic acids is 1. The number of nitrogens with one attached hydrogen (secondary N) is 1. The van der Waals surface area contributed by atoms with Gasteiger partial charge in [-0.25, -0.2) is 0 Å². The molecular formula is C25H32N4O5S. The zero-order chi connectivity index (χ0) is 25.4. The summed E-state index contributed by atoms with van der Waals surface area (Å²) in [6, 6.07) is 12.6. The van der Waals surface area contributed by atoms with E-state index in [2.05, 4.69) is 29.4 Å². The lowest BCUT2D eigenvalue weighted by molar-refractivity contribution is -0.113. The minimum absolute atomic E-state index is 0.166. The van der Waals surface area contributed by atoms with E-state index >= 15 is 0 Å². The van der Waals surface area contributed by atoms with E-state index in [4.69, 9.17) is 18.9 Å². The maximum Gasteiger partial charge on any atom is 0.234 e. The molecular weight excluding hydrogens is 468 g/mol. The average molecular weight is 501 g/mol. The molecule has 0 aliphatic heterocycles. The second kappa shape index (κ2) is 12.3. The van der Waals surface area contributed by atoms with Crippen LogP contribution in [0.1, 0.15) is 32.7 Å². The van der Waals surface area contributed by atoms with Crippen LogP contribution in [0, 0.1) is 5.92 Å². The highest BCUT2D eigenvalue weighted by atomic mass is 32.2. The van der Waals surface area contributed by atoms with Crippen molar-refractivity contribution < 1.29 is 23.7 Å². The van der Waals surface area contributed by atoms with E-state index < -0.39 is 0 Å². The molecule has 9 nitrogen and oxygen atoms in total. The number of ether oxygens (including phenoxy) is 4. The minimum Gasteiger partial charge on any atom is -0.497 e. The molecule has 2 aromatic carbocycles. The molecule has 0 radical (unpaired) electrons. The normalized spacial score (nSPS) is 11.7. The van der Waals surface area contributed by atoms with Crippen LogP contribution in [0.25, 0.3) is 0 Å². The fraction of sp³-hybridized carbons (Fsp3) is 0.400. The predicted octanol–water partition coefficient (Wildman–Crippen LogP) is 4.83. The summed E-state index contributed by atoms with van der Waals surface area (Å²) in [4.78, 5) is 12.7. The molecule has 1 atom stereocenters. The first-order valence-corrected chi connectivity index (χ1v) is 12.2. The van der Waals surface area contributed by atoms with Crippen molar-refractivity contribution in [3.63, 3.8) is 0 Å². The molecule has 1 N–H and O–H groups in total. The van der Waals surface area contributed by atoms with Gasteiger partial charge in [0.15, 0.2) is 17.1 Å². The third-order valence-electron chi connectivity index (χ3n) is 5.04. The van der Waals surface area contributed by atoms with Crippen LogP contribution in [0.4, 0.5) is 5.69 Å². The Bertz CT molecular complexity index is 1120. The molecule has 1 unspecified atom stereocenters. The third-order valence-corrected chi connectivity index (χ3v) is 6.01. The first-order valence-electron chi connectivity index (χ1n) is 11.2. The van der Waals surface area contributed by atoms with Crippen molar-refractivity contribution in [3.8, 4) is 23.0 Å². The van der Waals surface area contributed by atoms with Gasteiger partial charge in [-0.15, -0.1) is 10.2 Å². The van der Waals surface area contributed by atoms with Crippen molar-refractivity contribution in [1.29, 1.82) is 0 Å². The highest BCUT2D eigenvalue weighted by Gasteiger charge is 2.21. The Morgan fingerprint density at radius 1 is 0.943 bits per heavy atom. The number of benzene rings is 2. The van der Waals surface area contributed by atoms with Crippen LogP contribution in [0.3, 0.4) is 0 Å². The molecule has 1 amide bonds. The number of anilines is 1. The standard InChI is InChI=1S/C25H32N4O5S/c1-16(2)14-29-24(17(3)34-19-9-7-18(31-4)8-10-19)27-28-25(29)35-15-23(30)26-21-12-11-20(32-5)13-22(21)33-6/h7-13,16-17H,14-15H2,1-6H3,(H,26,30). The fourth-order valence-corrected chi connectivity index (χ4v) is 4.13. The summed E-state index contributed by atoms with van der Waals surface area (Å²) in [6.45, 7) is 6.88. The maximum atomic E-state index is 12.7. The first kappa shape index (κ1) is 26.2. The smallest absolute Gasteiger partial charge is 0.234 e. The Morgan fingerprint density at radius 3 is 2.23 bits per heavy atom. The molecule has 1 heterocycles. The summed E-state index contributed by atoms with van der Waals surface area (Å²) >= 11 is 1.33. The highest BCUT2D eigenvalue weighted by Crippen LogP contribution is 2.30. The van der Waals surface area contributed by atoms with E-state index in [0.717, 1.165) is 5.75 Å². The summed E-state index contributed by atoms with van der Waals surface area (Å²) in [7, 11) is 4.75. The second-order valence-corrected chi connectivity index (χ2v) is 9.13. The van der Waals surface area contributed by atoms with Crippen LogP contribution >= 0.6 is 11.8 Å². The van der Waals surface area contributed by atoms with Gasteiger partial charge in [-0.05, 0) is 49.2 Å². The second-order valence-electron chi connectivity index (χ2n) is 8.18. The molecule has 0 aliphatic carbocycles. The number of rotatable bonds is 12. The van der Waals surface area contributed by atoms with Crippen LogP contribution in [0.2, 0.25) is 0 Å². The molecule has 0 bridgehead atoms. The molecule has 3 aromatic rings. The van der Waals surface area contributed by atoms with Crippen LogP contribution in [0.5, 0.6) is 23.0 Å². The van der Waals surface area contributed by atoms with E-state index in [1.807, 2.05) is 35.8 Å². The fourth-order valence-electron chi connectivity index (χ4n) is 3.37. The monoisotopic (exact) mass is 500 g/mol. The quantitative estimate of drug-likeness (QED) is 0.353. The number of thioether (sulfide) groups is 1. The van der Waals surface area contributed by atoms with Crippen molar-refractivity contribution in [2.24, 2.45) is 5.92 Å². The topological polar surface area (TPSA) is 96.7 Å². The average Bonchev–Trinajstić information content (AvgIpc) is 3.25. The molecule has 0 spiro atoms. The SMILES string of the molecule is COc1ccc(OC(C)c2nnc(SCC(=O)Nc3ccc(OC)cc3OC)n2CC(C)C)cc1.